The number of rotatable bonds is 12. The molecule has 1 heterocycles. The van der Waals surface area contributed by atoms with Crippen LogP contribution in [0, 0.1) is 29.1 Å². The van der Waals surface area contributed by atoms with Crippen molar-refractivity contribution in [2.24, 2.45) is 17.8 Å². The van der Waals surface area contributed by atoms with Gasteiger partial charge in [0, 0.05) is 49.3 Å². The summed E-state index contributed by atoms with van der Waals surface area (Å²) in [5.74, 6) is 0.965. The molecular formula is C33H59ClN6O2. The molecule has 1 saturated heterocycles. The van der Waals surface area contributed by atoms with E-state index in [1.54, 1.807) is 0 Å². The van der Waals surface area contributed by atoms with Crippen molar-refractivity contribution in [3.8, 4) is 6.07 Å². The molecule has 4 aliphatic rings. The summed E-state index contributed by atoms with van der Waals surface area (Å²) < 4.78 is 6.16. The summed E-state index contributed by atoms with van der Waals surface area (Å²) in [4.78, 5) is 15.0. The maximum Gasteiger partial charge on any atom is 0.220 e. The first-order chi connectivity index (χ1) is 20.1. The molecule has 9 atom stereocenters. The van der Waals surface area contributed by atoms with Gasteiger partial charge in [0.1, 0.15) is 0 Å². The number of nitriles is 1. The predicted octanol–water partition coefficient (Wildman–Crippen LogP) is 4.17. The maximum absolute atomic E-state index is 12.9. The zero-order chi connectivity index (χ0) is 30.3. The van der Waals surface area contributed by atoms with Gasteiger partial charge in [0.2, 0.25) is 5.91 Å². The molecule has 9 unspecified atom stereocenters. The average molecular weight is 607 g/mol. The number of piperidine rings is 1. The quantitative estimate of drug-likeness (QED) is 0.247. The molecule has 9 heteroatoms. The lowest BCUT2D eigenvalue weighted by molar-refractivity contribution is -0.124. The lowest BCUT2D eigenvalue weighted by Gasteiger charge is -2.50. The van der Waals surface area contributed by atoms with E-state index < -0.39 is 0 Å². The Morgan fingerprint density at radius 3 is 2.52 bits per heavy atom. The summed E-state index contributed by atoms with van der Waals surface area (Å²) in [5.41, 5.74) is 0.109. The zero-order valence-corrected chi connectivity index (χ0v) is 27.7. The molecule has 1 aliphatic heterocycles. The number of fused-ring (bicyclic) bond motifs is 1. The van der Waals surface area contributed by atoms with Crippen LogP contribution in [0.25, 0.3) is 0 Å². The van der Waals surface area contributed by atoms with Crippen molar-refractivity contribution >= 4 is 17.5 Å². The first-order valence-electron chi connectivity index (χ1n) is 17.0. The summed E-state index contributed by atoms with van der Waals surface area (Å²) in [6.45, 7) is 8.99. The topological polar surface area (TPSA) is 101 Å². The highest BCUT2D eigenvalue weighted by Crippen LogP contribution is 2.38. The van der Waals surface area contributed by atoms with Crippen LogP contribution in [0.1, 0.15) is 97.8 Å². The number of ether oxygens (including phenoxy) is 1. The Labute approximate surface area is 260 Å². The van der Waals surface area contributed by atoms with Crippen molar-refractivity contribution in [3.63, 3.8) is 0 Å². The summed E-state index contributed by atoms with van der Waals surface area (Å²) in [5, 5.41) is 25.2. The Bertz CT molecular complexity index is 890. The minimum atomic E-state index is -0.110. The third-order valence-corrected chi connectivity index (χ3v) is 11.2. The smallest absolute Gasteiger partial charge is 0.220 e. The summed E-state index contributed by atoms with van der Waals surface area (Å²) in [6, 6.07) is 3.53. The van der Waals surface area contributed by atoms with Crippen molar-refractivity contribution in [2.45, 2.75) is 145 Å². The molecule has 3 aliphatic carbocycles. The van der Waals surface area contributed by atoms with Crippen LogP contribution in [0.5, 0.6) is 0 Å². The van der Waals surface area contributed by atoms with Crippen molar-refractivity contribution < 1.29 is 9.53 Å². The second kappa shape index (κ2) is 15.9. The first-order valence-corrected chi connectivity index (χ1v) is 17.4. The number of amides is 1. The van der Waals surface area contributed by atoms with Crippen molar-refractivity contribution in [1.29, 1.82) is 5.26 Å². The van der Waals surface area contributed by atoms with Crippen LogP contribution in [0.4, 0.5) is 0 Å². The molecule has 0 radical (unpaired) electrons. The minimum Gasteiger partial charge on any atom is -0.376 e. The van der Waals surface area contributed by atoms with Crippen LogP contribution in [-0.4, -0.2) is 91.8 Å². The Morgan fingerprint density at radius 2 is 1.86 bits per heavy atom. The largest absolute Gasteiger partial charge is 0.376 e. The summed E-state index contributed by atoms with van der Waals surface area (Å²) in [7, 11) is 4.07. The fourth-order valence-corrected chi connectivity index (χ4v) is 8.81. The molecule has 42 heavy (non-hydrogen) atoms. The molecule has 4 fully saturated rings. The standard InChI is InChI=1S/C33H59ClN6O2/c1-6-42-30-19-28-25(18-29(30)38-31(41)13-10-16-40(4)5)32(22(20-35)21-36-28)37-24-14-15-27(26(34)17-24)39-33(2,3)23-11-8-7-9-12-23/h22-30,32,36-37,39H,6-19,21H2,1-5H3,(H,38,41). The molecule has 0 spiro atoms. The van der Waals surface area contributed by atoms with E-state index in [1.165, 1.54) is 32.1 Å². The van der Waals surface area contributed by atoms with Crippen LogP contribution < -0.4 is 21.3 Å². The van der Waals surface area contributed by atoms with Gasteiger partial charge in [-0.15, -0.1) is 11.6 Å². The molecule has 1 amide bonds. The van der Waals surface area contributed by atoms with E-state index in [-0.39, 0.29) is 52.9 Å². The highest BCUT2D eigenvalue weighted by Gasteiger charge is 2.48. The van der Waals surface area contributed by atoms with Crippen LogP contribution in [0.2, 0.25) is 0 Å². The molecule has 3 saturated carbocycles. The predicted molar refractivity (Wildman–Crippen MR) is 171 cm³/mol. The second-order valence-corrected chi connectivity index (χ2v) is 15.0. The lowest BCUT2D eigenvalue weighted by atomic mass is 9.69. The molecule has 8 nitrogen and oxygen atoms in total. The van der Waals surface area contributed by atoms with Gasteiger partial charge in [-0.3, -0.25) is 4.79 Å². The highest BCUT2D eigenvalue weighted by molar-refractivity contribution is 6.21. The molecule has 4 rings (SSSR count). The SMILES string of the molecule is CCOC1CC2NCC(C#N)C(NC3CCC(NC(C)(C)C4CCCCC4)C(Cl)C3)C2CC1NC(=O)CCCN(C)C. The second-order valence-electron chi connectivity index (χ2n) is 14.5. The van der Waals surface area contributed by atoms with E-state index in [0.29, 0.717) is 31.7 Å². The van der Waals surface area contributed by atoms with E-state index in [9.17, 15) is 10.1 Å². The van der Waals surface area contributed by atoms with E-state index in [2.05, 4.69) is 46.1 Å². The number of alkyl halides is 1. The lowest BCUT2D eigenvalue weighted by Crippen LogP contribution is -2.66. The first kappa shape index (κ1) is 33.9. The third-order valence-electron chi connectivity index (χ3n) is 10.8. The van der Waals surface area contributed by atoms with Crippen LogP contribution in [-0.2, 0) is 9.53 Å². The number of hydrogen-bond donors (Lipinski definition) is 4. The molecule has 0 bridgehead atoms. The van der Waals surface area contributed by atoms with Crippen molar-refractivity contribution in [3.05, 3.63) is 0 Å². The summed E-state index contributed by atoms with van der Waals surface area (Å²) >= 11 is 7.10. The van der Waals surface area contributed by atoms with E-state index in [1.807, 2.05) is 21.0 Å². The van der Waals surface area contributed by atoms with Gasteiger partial charge in [-0.05, 0) is 105 Å². The monoisotopic (exact) mass is 606 g/mol. The average Bonchev–Trinajstić information content (AvgIpc) is 2.95. The van der Waals surface area contributed by atoms with Gasteiger partial charge < -0.3 is 30.9 Å². The zero-order valence-electron chi connectivity index (χ0n) is 27.0. The van der Waals surface area contributed by atoms with Crippen LogP contribution >= 0.6 is 11.6 Å². The number of nitrogens with one attached hydrogen (secondary N) is 4. The number of carbonyl (C=O) groups excluding carboxylic acids is 1. The number of hydrogen-bond acceptors (Lipinski definition) is 7. The minimum absolute atomic E-state index is 0.0120. The fraction of sp³-hybridized carbons (Fsp3) is 0.939. The number of nitrogens with zero attached hydrogens (tertiary/aromatic N) is 2. The molecule has 0 aromatic heterocycles. The van der Waals surface area contributed by atoms with Crippen molar-refractivity contribution in [2.75, 3.05) is 33.8 Å². The van der Waals surface area contributed by atoms with Gasteiger partial charge in [-0.2, -0.15) is 5.26 Å². The molecule has 0 aromatic rings. The van der Waals surface area contributed by atoms with Crippen LogP contribution in [0.3, 0.4) is 0 Å². The van der Waals surface area contributed by atoms with E-state index in [4.69, 9.17) is 16.3 Å². The van der Waals surface area contributed by atoms with Gasteiger partial charge in [-0.25, -0.2) is 0 Å². The Morgan fingerprint density at radius 1 is 1.10 bits per heavy atom. The molecular weight excluding hydrogens is 548 g/mol. The van der Waals surface area contributed by atoms with E-state index in [0.717, 1.165) is 51.0 Å². The normalized spacial score (nSPS) is 36.3. The molecule has 4 N–H and O–H groups in total. The maximum atomic E-state index is 12.9. The summed E-state index contributed by atoms with van der Waals surface area (Å²) in [6.07, 6.45) is 12.8. The van der Waals surface area contributed by atoms with E-state index >= 15 is 0 Å². The van der Waals surface area contributed by atoms with Gasteiger partial charge in [0.25, 0.3) is 0 Å². The van der Waals surface area contributed by atoms with Gasteiger partial charge >= 0.3 is 0 Å². The van der Waals surface area contributed by atoms with Crippen molar-refractivity contribution in [1.82, 2.24) is 26.2 Å². The van der Waals surface area contributed by atoms with Crippen LogP contribution in [0.15, 0.2) is 0 Å². The Hall–Kier alpha value is -0.950. The molecule has 240 valence electrons. The number of carbonyl (C=O) groups is 1. The third kappa shape index (κ3) is 9.05. The van der Waals surface area contributed by atoms with Gasteiger partial charge in [-0.1, -0.05) is 19.3 Å². The molecule has 0 aromatic carbocycles. The Kier molecular flexibility index (Phi) is 12.8. The highest BCUT2D eigenvalue weighted by atomic mass is 35.5. The fourth-order valence-electron chi connectivity index (χ4n) is 8.41. The van der Waals surface area contributed by atoms with Gasteiger partial charge in [0.15, 0.2) is 0 Å². The number of halogens is 1. The Balaban J connectivity index is 1.37. The van der Waals surface area contributed by atoms with Gasteiger partial charge in [0.05, 0.1) is 29.5 Å².